The summed E-state index contributed by atoms with van der Waals surface area (Å²) >= 11 is -0.458. The third kappa shape index (κ3) is 10.4. The lowest BCUT2D eigenvalue weighted by molar-refractivity contribution is -0.144. The van der Waals surface area contributed by atoms with Crippen LogP contribution in [0.3, 0.4) is 0 Å². The third-order valence-corrected chi connectivity index (χ3v) is 3.66. The van der Waals surface area contributed by atoms with Crippen molar-refractivity contribution in [2.75, 3.05) is 12.9 Å². The predicted molar refractivity (Wildman–Crippen MR) is 90.5 cm³/mol. The maximum Gasteiger partial charge on any atom is 0.441 e. The van der Waals surface area contributed by atoms with Gasteiger partial charge in [-0.3, -0.25) is 4.79 Å². The fourth-order valence-corrected chi connectivity index (χ4v) is 2.29. The maximum absolute atomic E-state index is 12.4. The van der Waals surface area contributed by atoms with Crippen molar-refractivity contribution in [1.82, 2.24) is 10.6 Å². The molecule has 0 radical (unpaired) electrons. The van der Waals surface area contributed by atoms with Crippen molar-refractivity contribution < 1.29 is 37.0 Å². The molecule has 2 amide bonds. The van der Waals surface area contributed by atoms with Gasteiger partial charge < -0.3 is 20.1 Å². The van der Waals surface area contributed by atoms with E-state index in [4.69, 9.17) is 4.74 Å². The van der Waals surface area contributed by atoms with Gasteiger partial charge in [0.2, 0.25) is 5.91 Å². The lowest BCUT2D eigenvalue weighted by Crippen LogP contribution is -2.55. The zero-order chi connectivity index (χ0) is 20.7. The second-order valence-corrected chi connectivity index (χ2v) is 7.79. The second kappa shape index (κ2) is 9.89. The molecular formula is C15H25F3N2O5S. The van der Waals surface area contributed by atoms with Crippen LogP contribution in [0.15, 0.2) is 0 Å². The Kier molecular flexibility index (Phi) is 9.26. The molecule has 0 aliphatic rings. The van der Waals surface area contributed by atoms with Crippen LogP contribution in [0.25, 0.3) is 0 Å². The van der Waals surface area contributed by atoms with Crippen molar-refractivity contribution in [2.24, 2.45) is 5.92 Å². The van der Waals surface area contributed by atoms with E-state index >= 15 is 0 Å². The minimum Gasteiger partial charge on any atom is -0.467 e. The van der Waals surface area contributed by atoms with Crippen LogP contribution < -0.4 is 10.6 Å². The summed E-state index contributed by atoms with van der Waals surface area (Å²) in [6.07, 6.45) is -0.856. The highest BCUT2D eigenvalue weighted by Gasteiger charge is 2.35. The third-order valence-electron chi connectivity index (χ3n) is 2.84. The van der Waals surface area contributed by atoms with Gasteiger partial charge in [0.05, 0.1) is 7.11 Å². The average molecular weight is 402 g/mol. The number of methoxy groups -OCH3 is 1. The number of hydrogen-bond acceptors (Lipinski definition) is 6. The molecule has 0 aromatic carbocycles. The number of alkyl carbamates (subject to hydrolysis) is 1. The molecule has 0 saturated heterocycles. The molecule has 0 spiro atoms. The van der Waals surface area contributed by atoms with E-state index in [0.29, 0.717) is 0 Å². The zero-order valence-corrected chi connectivity index (χ0v) is 16.3. The van der Waals surface area contributed by atoms with Crippen molar-refractivity contribution in [2.45, 2.75) is 57.8 Å². The van der Waals surface area contributed by atoms with Crippen LogP contribution in [0, 0.1) is 5.92 Å². The SMILES string of the molecule is COC(=O)[C@H](CSC(F)(F)F)NC(=O)[C@@H](NC(=O)OC(C)(C)C)C(C)C. The molecule has 2 atom stereocenters. The summed E-state index contributed by atoms with van der Waals surface area (Å²) in [5.41, 5.74) is -5.36. The van der Waals surface area contributed by atoms with E-state index in [1.165, 1.54) is 0 Å². The van der Waals surface area contributed by atoms with Gasteiger partial charge >= 0.3 is 17.6 Å². The molecule has 0 saturated carbocycles. The number of thioether (sulfide) groups is 1. The number of alkyl halides is 3. The fourth-order valence-electron chi connectivity index (χ4n) is 1.72. The number of nitrogens with one attached hydrogen (secondary N) is 2. The Hall–Kier alpha value is -1.65. The molecule has 26 heavy (non-hydrogen) atoms. The molecule has 0 aliphatic carbocycles. The van der Waals surface area contributed by atoms with Crippen LogP contribution in [0.1, 0.15) is 34.6 Å². The number of halogens is 3. The summed E-state index contributed by atoms with van der Waals surface area (Å²) in [6.45, 7) is 8.16. The lowest BCUT2D eigenvalue weighted by atomic mass is 10.0. The maximum atomic E-state index is 12.4. The molecule has 0 fully saturated rings. The molecule has 0 aliphatic heterocycles. The number of esters is 1. The van der Waals surface area contributed by atoms with Crippen LogP contribution in [0.5, 0.6) is 0 Å². The van der Waals surface area contributed by atoms with Crippen molar-refractivity contribution in [3.05, 3.63) is 0 Å². The number of carbonyl (C=O) groups is 3. The molecule has 0 aromatic rings. The number of rotatable bonds is 7. The summed E-state index contributed by atoms with van der Waals surface area (Å²) in [5, 5.41) is 4.54. The zero-order valence-electron chi connectivity index (χ0n) is 15.5. The Bertz CT molecular complexity index is 506. The van der Waals surface area contributed by atoms with Gasteiger partial charge in [0.1, 0.15) is 17.7 Å². The molecular weight excluding hydrogens is 377 g/mol. The highest BCUT2D eigenvalue weighted by atomic mass is 32.2. The minimum absolute atomic E-state index is 0.406. The molecule has 7 nitrogen and oxygen atoms in total. The molecule has 0 heterocycles. The van der Waals surface area contributed by atoms with Gasteiger partial charge in [-0.05, 0) is 38.5 Å². The normalized spacial score (nSPS) is 14.4. The Morgan fingerprint density at radius 3 is 2.00 bits per heavy atom. The first-order valence-electron chi connectivity index (χ1n) is 7.74. The monoisotopic (exact) mass is 402 g/mol. The quantitative estimate of drug-likeness (QED) is 0.636. The topological polar surface area (TPSA) is 93.7 Å². The predicted octanol–water partition coefficient (Wildman–Crippen LogP) is 2.45. The van der Waals surface area contributed by atoms with Crippen LogP contribution in [0.2, 0.25) is 0 Å². The fraction of sp³-hybridized carbons (Fsp3) is 0.800. The van der Waals surface area contributed by atoms with E-state index < -0.39 is 64.6 Å². The highest BCUT2D eigenvalue weighted by Crippen LogP contribution is 2.30. The van der Waals surface area contributed by atoms with Crippen molar-refractivity contribution >= 4 is 29.7 Å². The smallest absolute Gasteiger partial charge is 0.441 e. The first kappa shape index (κ1) is 24.4. The largest absolute Gasteiger partial charge is 0.467 e. The average Bonchev–Trinajstić information content (AvgIpc) is 2.44. The molecule has 0 bridgehead atoms. The Labute approximate surface area is 154 Å². The Balaban J connectivity index is 5.07. The van der Waals surface area contributed by atoms with E-state index in [1.807, 2.05) is 0 Å². The number of amides is 2. The Morgan fingerprint density at radius 2 is 1.62 bits per heavy atom. The first-order chi connectivity index (χ1) is 11.7. The van der Waals surface area contributed by atoms with Gasteiger partial charge in [0.25, 0.3) is 0 Å². The number of carbonyl (C=O) groups excluding carboxylic acids is 3. The molecule has 0 unspecified atom stereocenters. The summed E-state index contributed by atoms with van der Waals surface area (Å²) in [5.74, 6) is -2.99. The van der Waals surface area contributed by atoms with Crippen molar-refractivity contribution in [1.29, 1.82) is 0 Å². The molecule has 11 heteroatoms. The second-order valence-electron chi connectivity index (χ2n) is 6.71. The Morgan fingerprint density at radius 1 is 1.08 bits per heavy atom. The van der Waals surface area contributed by atoms with Gasteiger partial charge in [-0.2, -0.15) is 13.2 Å². The van der Waals surface area contributed by atoms with Crippen LogP contribution in [-0.2, 0) is 19.1 Å². The first-order valence-corrected chi connectivity index (χ1v) is 8.73. The van der Waals surface area contributed by atoms with Crippen molar-refractivity contribution in [3.63, 3.8) is 0 Å². The van der Waals surface area contributed by atoms with Crippen molar-refractivity contribution in [3.8, 4) is 0 Å². The van der Waals surface area contributed by atoms with Gasteiger partial charge in [-0.25, -0.2) is 9.59 Å². The minimum atomic E-state index is -4.57. The molecule has 152 valence electrons. The highest BCUT2D eigenvalue weighted by molar-refractivity contribution is 8.00. The van der Waals surface area contributed by atoms with E-state index in [2.05, 4.69) is 15.4 Å². The summed E-state index contributed by atoms with van der Waals surface area (Å²) in [6, 6.07) is -2.62. The summed E-state index contributed by atoms with van der Waals surface area (Å²) in [7, 11) is 0.999. The van der Waals surface area contributed by atoms with E-state index in [0.717, 1.165) is 7.11 Å². The number of ether oxygens (including phenoxy) is 2. The van der Waals surface area contributed by atoms with Crippen LogP contribution >= 0.6 is 11.8 Å². The van der Waals surface area contributed by atoms with Crippen LogP contribution in [-0.4, -0.2) is 54.0 Å². The van der Waals surface area contributed by atoms with Gasteiger partial charge in [-0.1, -0.05) is 13.8 Å². The van der Waals surface area contributed by atoms with E-state index in [1.54, 1.807) is 34.6 Å². The lowest BCUT2D eigenvalue weighted by Gasteiger charge is -2.26. The summed E-state index contributed by atoms with van der Waals surface area (Å²) < 4.78 is 46.6. The number of hydrogen-bond donors (Lipinski definition) is 2. The summed E-state index contributed by atoms with van der Waals surface area (Å²) in [4.78, 5) is 35.9. The van der Waals surface area contributed by atoms with E-state index in [9.17, 15) is 27.6 Å². The van der Waals surface area contributed by atoms with Crippen LogP contribution in [0.4, 0.5) is 18.0 Å². The van der Waals surface area contributed by atoms with Gasteiger partial charge in [-0.15, -0.1) is 0 Å². The standard InChI is InChI=1S/C15H25F3N2O5S/c1-8(2)10(20-13(23)25-14(3,4)5)11(21)19-9(12(22)24-6)7-26-15(16,17)18/h8-10H,7H2,1-6H3,(H,19,21)(H,20,23)/t9-,10-/m0/s1. The molecule has 2 N–H and O–H groups in total. The van der Waals surface area contributed by atoms with Gasteiger partial charge in [0, 0.05) is 5.75 Å². The molecule has 0 rings (SSSR count). The van der Waals surface area contributed by atoms with E-state index in [-0.39, 0.29) is 0 Å². The molecule has 0 aromatic heterocycles. The van der Waals surface area contributed by atoms with Gasteiger partial charge in [0.15, 0.2) is 0 Å².